The second-order valence-corrected chi connectivity index (χ2v) is 12.6. The fourth-order valence-electron chi connectivity index (χ4n) is 4.91. The van der Waals surface area contributed by atoms with Gasteiger partial charge in [-0.1, -0.05) is 61.0 Å². The van der Waals surface area contributed by atoms with Crippen LogP contribution in [0, 0.1) is 0 Å². The fourth-order valence-corrected chi connectivity index (χ4v) is 4.91. The standard InChI is InChI=1S/C43H42N3O12/c1-4-39(47)53-28-44-46(25-26-46)58-37-22-16-34(17-23-37)43(51)56-36-18-11-31(12-19-36)13-24-41(49)57-38(32-9-7-6-8-10-32)27-52-42(50)33-14-20-35(21-15-33)54-29-45(3)30-55-40(48)5-2/h4-24,38,44H,1-2,25-30H2,3H3/q+1/b24-13+. The van der Waals surface area contributed by atoms with Crippen LogP contribution in [0.25, 0.3) is 6.08 Å². The number of hydroxylamine groups is 2. The summed E-state index contributed by atoms with van der Waals surface area (Å²) >= 11 is 0. The average molecular weight is 793 g/mol. The monoisotopic (exact) mass is 792 g/mol. The lowest BCUT2D eigenvalue weighted by Crippen LogP contribution is -2.45. The van der Waals surface area contributed by atoms with Crippen molar-refractivity contribution < 1.29 is 62.0 Å². The molecule has 15 heteroatoms. The third-order valence-electron chi connectivity index (χ3n) is 8.17. The maximum Gasteiger partial charge on any atom is 0.343 e. The molecule has 58 heavy (non-hydrogen) atoms. The number of esters is 5. The third kappa shape index (κ3) is 13.3. The molecule has 0 radical (unpaired) electrons. The number of rotatable bonds is 21. The second kappa shape index (κ2) is 20.7. The molecule has 1 saturated heterocycles. The van der Waals surface area contributed by atoms with Crippen molar-refractivity contribution in [2.75, 3.05) is 46.9 Å². The van der Waals surface area contributed by atoms with Gasteiger partial charge in [0.15, 0.2) is 31.7 Å². The maximum atomic E-state index is 12.9. The first kappa shape index (κ1) is 42.1. The molecule has 300 valence electrons. The lowest BCUT2D eigenvalue weighted by molar-refractivity contribution is -1.01. The van der Waals surface area contributed by atoms with E-state index in [9.17, 15) is 24.0 Å². The van der Waals surface area contributed by atoms with Gasteiger partial charge in [0.05, 0.1) is 11.1 Å². The van der Waals surface area contributed by atoms with Crippen LogP contribution in [0.4, 0.5) is 0 Å². The summed E-state index contributed by atoms with van der Waals surface area (Å²) in [4.78, 5) is 68.6. The van der Waals surface area contributed by atoms with E-state index in [1.165, 1.54) is 6.08 Å². The largest absolute Gasteiger partial charge is 0.478 e. The van der Waals surface area contributed by atoms with Crippen molar-refractivity contribution in [2.45, 2.75) is 6.10 Å². The average Bonchev–Trinajstić information content (AvgIpc) is 4.02. The molecule has 5 rings (SSSR count). The highest BCUT2D eigenvalue weighted by molar-refractivity contribution is 5.91. The third-order valence-corrected chi connectivity index (χ3v) is 8.17. The van der Waals surface area contributed by atoms with E-state index >= 15 is 0 Å². The summed E-state index contributed by atoms with van der Waals surface area (Å²) in [5.74, 6) is -1.68. The molecule has 15 nitrogen and oxygen atoms in total. The van der Waals surface area contributed by atoms with Gasteiger partial charge in [-0.2, -0.15) is 0 Å². The zero-order valence-electron chi connectivity index (χ0n) is 31.7. The summed E-state index contributed by atoms with van der Waals surface area (Å²) in [5.41, 5.74) is 4.82. The Morgan fingerprint density at radius 1 is 0.707 bits per heavy atom. The van der Waals surface area contributed by atoms with Gasteiger partial charge in [-0.15, -0.1) is 0 Å². The lowest BCUT2D eigenvalue weighted by atomic mass is 10.1. The number of hydrogen-bond donors (Lipinski definition) is 1. The Hall–Kier alpha value is -7.07. The molecule has 4 aromatic carbocycles. The highest BCUT2D eigenvalue weighted by Crippen LogP contribution is 2.25. The van der Waals surface area contributed by atoms with Gasteiger partial charge in [0.1, 0.15) is 31.6 Å². The minimum absolute atomic E-state index is 0.0148. The summed E-state index contributed by atoms with van der Waals surface area (Å²) in [7, 11) is 1.70. The number of benzene rings is 4. The van der Waals surface area contributed by atoms with Crippen LogP contribution in [-0.2, 0) is 33.3 Å². The SMILES string of the molecule is C=CC(=O)OCN[N+]1(Oc2ccc(C(=O)Oc3ccc(/C=C/C(=O)OC(COC(=O)c4ccc(OCN(C)COC(=O)C=C)cc4)c4ccccc4)cc3)cc2)CC1. The molecule has 1 N–H and O–H groups in total. The molecule has 0 aliphatic carbocycles. The van der Waals surface area contributed by atoms with E-state index in [1.54, 1.807) is 115 Å². The first-order valence-electron chi connectivity index (χ1n) is 17.9. The topological polar surface area (TPSA) is 165 Å². The van der Waals surface area contributed by atoms with Crippen LogP contribution >= 0.6 is 0 Å². The number of nitrogens with one attached hydrogen (secondary N) is 1. The van der Waals surface area contributed by atoms with Crippen LogP contribution in [0.5, 0.6) is 17.2 Å². The van der Waals surface area contributed by atoms with E-state index in [4.69, 9.17) is 33.3 Å². The lowest BCUT2D eigenvalue weighted by Gasteiger charge is -2.18. The smallest absolute Gasteiger partial charge is 0.343 e. The van der Waals surface area contributed by atoms with Crippen LogP contribution in [0.2, 0.25) is 0 Å². The number of hydrogen-bond acceptors (Lipinski definition) is 14. The minimum atomic E-state index is -0.891. The van der Waals surface area contributed by atoms with E-state index in [0.29, 0.717) is 47.0 Å². The van der Waals surface area contributed by atoms with Gasteiger partial charge < -0.3 is 28.4 Å². The van der Waals surface area contributed by atoms with Gasteiger partial charge in [0.2, 0.25) is 0 Å². The van der Waals surface area contributed by atoms with Gasteiger partial charge in [-0.3, -0.25) is 4.84 Å². The Morgan fingerprint density at radius 2 is 1.31 bits per heavy atom. The first-order chi connectivity index (χ1) is 28.0. The van der Waals surface area contributed by atoms with E-state index in [1.807, 2.05) is 6.07 Å². The normalized spacial score (nSPS) is 13.1. The van der Waals surface area contributed by atoms with Crippen molar-refractivity contribution in [3.05, 3.63) is 157 Å². The Labute approximate surface area is 334 Å². The van der Waals surface area contributed by atoms with Gasteiger partial charge in [-0.05, 0) is 89.7 Å². The zero-order chi connectivity index (χ0) is 41.3. The summed E-state index contributed by atoms with van der Waals surface area (Å²) < 4.78 is 32.3. The number of nitrogens with zero attached hydrogens (tertiary/aromatic N) is 2. The van der Waals surface area contributed by atoms with Crippen molar-refractivity contribution in [1.82, 2.24) is 10.3 Å². The summed E-state index contributed by atoms with van der Waals surface area (Å²) in [6.07, 6.45) is 4.04. The van der Waals surface area contributed by atoms with Crippen molar-refractivity contribution >= 4 is 35.9 Å². The highest BCUT2D eigenvalue weighted by atomic mass is 16.8. The van der Waals surface area contributed by atoms with Crippen LogP contribution in [0.3, 0.4) is 0 Å². The molecule has 0 aromatic heterocycles. The van der Waals surface area contributed by atoms with Crippen molar-refractivity contribution in [2.24, 2.45) is 0 Å². The summed E-state index contributed by atoms with van der Waals surface area (Å²) in [6, 6.07) is 28.1. The van der Waals surface area contributed by atoms with E-state index in [0.717, 1.165) is 12.2 Å². The molecule has 0 bridgehead atoms. The van der Waals surface area contributed by atoms with Crippen molar-refractivity contribution in [1.29, 1.82) is 0 Å². The Balaban J connectivity index is 1.08. The van der Waals surface area contributed by atoms with Crippen LogP contribution in [0.15, 0.2) is 135 Å². The van der Waals surface area contributed by atoms with Crippen LogP contribution in [-0.4, -0.2) is 86.4 Å². The molecular formula is C43H42N3O12+. The summed E-state index contributed by atoms with van der Waals surface area (Å²) in [5, 5.41) is 0. The number of carbonyl (C=O) groups excluding carboxylic acids is 5. The Morgan fingerprint density at radius 3 is 1.95 bits per heavy atom. The fraction of sp³-hybridized carbons (Fsp3) is 0.186. The number of ether oxygens (including phenoxy) is 6. The molecule has 1 atom stereocenters. The highest BCUT2D eigenvalue weighted by Gasteiger charge is 2.48. The van der Waals surface area contributed by atoms with Gasteiger partial charge in [-0.25, -0.2) is 28.9 Å². The molecule has 1 unspecified atom stereocenters. The van der Waals surface area contributed by atoms with Crippen molar-refractivity contribution in [3.63, 3.8) is 0 Å². The van der Waals surface area contributed by atoms with Crippen molar-refractivity contribution in [3.8, 4) is 17.2 Å². The predicted molar refractivity (Wildman–Crippen MR) is 208 cm³/mol. The maximum absolute atomic E-state index is 12.9. The Kier molecular flexibility index (Phi) is 15.0. The van der Waals surface area contributed by atoms with E-state index in [2.05, 4.69) is 18.6 Å². The van der Waals surface area contributed by atoms with Crippen LogP contribution in [0.1, 0.15) is 37.9 Å². The minimum Gasteiger partial charge on any atom is -0.478 e. The molecule has 0 amide bonds. The predicted octanol–water partition coefficient (Wildman–Crippen LogP) is 5.33. The molecule has 4 aromatic rings. The second-order valence-electron chi connectivity index (χ2n) is 12.6. The summed E-state index contributed by atoms with van der Waals surface area (Å²) in [6.45, 7) is 7.90. The molecule has 1 fully saturated rings. The number of quaternary nitrogens is 1. The quantitative estimate of drug-likeness (QED) is 0.0219. The molecule has 0 saturated carbocycles. The Bertz CT molecular complexity index is 2080. The van der Waals surface area contributed by atoms with Crippen LogP contribution < -0.4 is 19.7 Å². The number of carbonyl (C=O) groups is 5. The molecule has 1 aliphatic heterocycles. The van der Waals surface area contributed by atoms with Gasteiger partial charge >= 0.3 is 29.8 Å². The van der Waals surface area contributed by atoms with Gasteiger partial charge in [0.25, 0.3) is 0 Å². The van der Waals surface area contributed by atoms with Gasteiger partial charge in [0, 0.05) is 18.2 Å². The molecule has 0 spiro atoms. The zero-order valence-corrected chi connectivity index (χ0v) is 31.7. The molecule has 1 aliphatic rings. The molecule has 1 heterocycles. The van der Waals surface area contributed by atoms with E-state index in [-0.39, 0.29) is 37.1 Å². The molecular weight excluding hydrogens is 750 g/mol. The van der Waals surface area contributed by atoms with E-state index < -0.39 is 36.0 Å². The first-order valence-corrected chi connectivity index (χ1v) is 17.9.